The SMILES string of the molecule is CC(C)N1CC2CCC(C1)C2n1cnnn1. The van der Waals surface area contributed by atoms with Crippen molar-refractivity contribution in [1.82, 2.24) is 25.1 Å². The number of tetrazole rings is 1. The second kappa shape index (κ2) is 3.80. The largest absolute Gasteiger partial charge is 0.300 e. The van der Waals surface area contributed by atoms with Gasteiger partial charge in [-0.25, -0.2) is 4.68 Å². The zero-order valence-electron chi connectivity index (χ0n) is 9.95. The van der Waals surface area contributed by atoms with Crippen molar-refractivity contribution in [2.75, 3.05) is 13.1 Å². The summed E-state index contributed by atoms with van der Waals surface area (Å²) in [6.07, 6.45) is 4.44. The van der Waals surface area contributed by atoms with Crippen molar-refractivity contribution in [3.63, 3.8) is 0 Å². The first-order chi connectivity index (χ1) is 7.75. The summed E-state index contributed by atoms with van der Waals surface area (Å²) in [7, 11) is 0. The number of aromatic nitrogens is 4. The molecule has 2 atom stereocenters. The maximum absolute atomic E-state index is 4.09. The molecule has 1 saturated heterocycles. The van der Waals surface area contributed by atoms with Gasteiger partial charge in [0.2, 0.25) is 0 Å². The summed E-state index contributed by atoms with van der Waals surface area (Å²) in [5.74, 6) is 1.48. The van der Waals surface area contributed by atoms with Crippen molar-refractivity contribution in [3.05, 3.63) is 6.33 Å². The standard InChI is InChI=1S/C11H19N5/c1-8(2)15-5-9-3-4-10(6-15)11(9)16-7-12-13-14-16/h7-11H,3-6H2,1-2H3. The van der Waals surface area contributed by atoms with Crippen LogP contribution in [0.3, 0.4) is 0 Å². The monoisotopic (exact) mass is 221 g/mol. The number of hydrogen-bond donors (Lipinski definition) is 0. The predicted octanol–water partition coefficient (Wildman–Crippen LogP) is 0.964. The molecule has 2 bridgehead atoms. The fraction of sp³-hybridized carbons (Fsp3) is 0.909. The van der Waals surface area contributed by atoms with E-state index in [1.54, 1.807) is 6.33 Å². The average Bonchev–Trinajstić information content (AvgIpc) is 2.83. The molecular formula is C11H19N5. The number of likely N-dealkylation sites (tertiary alicyclic amines) is 1. The van der Waals surface area contributed by atoms with Crippen LogP contribution in [0.5, 0.6) is 0 Å². The lowest BCUT2D eigenvalue weighted by Crippen LogP contribution is -2.45. The Kier molecular flexibility index (Phi) is 2.42. The molecule has 5 nitrogen and oxygen atoms in total. The summed E-state index contributed by atoms with van der Waals surface area (Å²) in [6, 6.07) is 1.21. The van der Waals surface area contributed by atoms with Crippen molar-refractivity contribution in [1.29, 1.82) is 0 Å². The van der Waals surface area contributed by atoms with Gasteiger partial charge in [-0.05, 0) is 49.0 Å². The molecule has 1 aromatic heterocycles. The number of fused-ring (bicyclic) bond motifs is 2. The third-order valence-corrected chi connectivity index (χ3v) is 4.21. The van der Waals surface area contributed by atoms with Gasteiger partial charge in [0.1, 0.15) is 6.33 Å². The van der Waals surface area contributed by atoms with Gasteiger partial charge >= 0.3 is 0 Å². The van der Waals surface area contributed by atoms with Crippen LogP contribution in [-0.2, 0) is 0 Å². The highest BCUT2D eigenvalue weighted by Gasteiger charge is 2.44. The third-order valence-electron chi connectivity index (χ3n) is 4.21. The molecule has 1 aliphatic heterocycles. The van der Waals surface area contributed by atoms with Crippen LogP contribution in [0.1, 0.15) is 32.7 Å². The second-order valence-corrected chi connectivity index (χ2v) is 5.43. The van der Waals surface area contributed by atoms with E-state index in [4.69, 9.17) is 0 Å². The van der Waals surface area contributed by atoms with E-state index in [9.17, 15) is 0 Å². The van der Waals surface area contributed by atoms with E-state index in [1.807, 2.05) is 4.68 Å². The highest BCUT2D eigenvalue weighted by Crippen LogP contribution is 2.44. The molecule has 2 fully saturated rings. The molecule has 2 heterocycles. The van der Waals surface area contributed by atoms with Gasteiger partial charge in [-0.1, -0.05) is 0 Å². The topological polar surface area (TPSA) is 46.8 Å². The zero-order chi connectivity index (χ0) is 11.1. The van der Waals surface area contributed by atoms with Crippen LogP contribution in [0.4, 0.5) is 0 Å². The second-order valence-electron chi connectivity index (χ2n) is 5.43. The summed E-state index contributed by atoms with van der Waals surface area (Å²) in [6.45, 7) is 6.99. The Morgan fingerprint density at radius 2 is 1.88 bits per heavy atom. The van der Waals surface area contributed by atoms with E-state index in [0.717, 1.165) is 11.8 Å². The van der Waals surface area contributed by atoms with E-state index >= 15 is 0 Å². The molecule has 0 amide bonds. The molecule has 16 heavy (non-hydrogen) atoms. The van der Waals surface area contributed by atoms with Gasteiger partial charge in [-0.15, -0.1) is 5.10 Å². The molecule has 1 saturated carbocycles. The van der Waals surface area contributed by atoms with Crippen LogP contribution in [-0.4, -0.2) is 44.2 Å². The smallest absolute Gasteiger partial charge is 0.138 e. The Bertz CT molecular complexity index is 333. The van der Waals surface area contributed by atoms with E-state index in [0.29, 0.717) is 12.1 Å². The lowest BCUT2D eigenvalue weighted by atomic mass is 9.91. The van der Waals surface area contributed by atoms with Crippen LogP contribution in [0.15, 0.2) is 6.33 Å². The van der Waals surface area contributed by atoms with Crippen molar-refractivity contribution in [2.24, 2.45) is 11.8 Å². The molecule has 2 unspecified atom stereocenters. The highest BCUT2D eigenvalue weighted by molar-refractivity contribution is 4.95. The van der Waals surface area contributed by atoms with Crippen molar-refractivity contribution in [2.45, 2.75) is 38.8 Å². The number of hydrogen-bond acceptors (Lipinski definition) is 4. The first-order valence-electron chi connectivity index (χ1n) is 6.22. The first-order valence-corrected chi connectivity index (χ1v) is 6.22. The fourth-order valence-corrected chi connectivity index (χ4v) is 3.39. The number of piperidine rings is 1. The molecule has 1 aromatic rings. The minimum Gasteiger partial charge on any atom is -0.300 e. The van der Waals surface area contributed by atoms with E-state index in [2.05, 4.69) is 34.3 Å². The zero-order valence-corrected chi connectivity index (χ0v) is 9.95. The molecule has 1 aliphatic carbocycles. The van der Waals surface area contributed by atoms with E-state index in [1.165, 1.54) is 25.9 Å². The molecule has 3 rings (SSSR count). The van der Waals surface area contributed by atoms with Crippen LogP contribution in [0, 0.1) is 11.8 Å². The Labute approximate surface area is 95.8 Å². The first kappa shape index (κ1) is 10.2. The van der Waals surface area contributed by atoms with Gasteiger partial charge in [0.15, 0.2) is 0 Å². The van der Waals surface area contributed by atoms with Crippen LogP contribution < -0.4 is 0 Å². The quantitative estimate of drug-likeness (QED) is 0.746. The summed E-state index contributed by atoms with van der Waals surface area (Å²) in [5.41, 5.74) is 0. The molecule has 2 aliphatic rings. The maximum atomic E-state index is 4.09. The highest BCUT2D eigenvalue weighted by atomic mass is 15.5. The van der Waals surface area contributed by atoms with Crippen molar-refractivity contribution >= 4 is 0 Å². The molecule has 5 heteroatoms. The van der Waals surface area contributed by atoms with Gasteiger partial charge in [0.05, 0.1) is 6.04 Å². The molecule has 88 valence electrons. The lowest BCUT2D eigenvalue weighted by molar-refractivity contribution is 0.0822. The third kappa shape index (κ3) is 1.54. The van der Waals surface area contributed by atoms with Gasteiger partial charge < -0.3 is 4.90 Å². The molecule has 0 spiro atoms. The van der Waals surface area contributed by atoms with Gasteiger partial charge in [-0.3, -0.25) is 0 Å². The van der Waals surface area contributed by atoms with Crippen molar-refractivity contribution < 1.29 is 0 Å². The summed E-state index contributed by atoms with van der Waals surface area (Å²) < 4.78 is 1.99. The van der Waals surface area contributed by atoms with Gasteiger partial charge in [-0.2, -0.15) is 0 Å². The van der Waals surface area contributed by atoms with E-state index in [-0.39, 0.29) is 0 Å². The van der Waals surface area contributed by atoms with Crippen LogP contribution in [0.25, 0.3) is 0 Å². The summed E-state index contributed by atoms with van der Waals surface area (Å²) in [4.78, 5) is 2.60. The minimum absolute atomic E-state index is 0.546. The Balaban J connectivity index is 1.81. The van der Waals surface area contributed by atoms with E-state index < -0.39 is 0 Å². The van der Waals surface area contributed by atoms with Gasteiger partial charge in [0.25, 0.3) is 0 Å². The predicted molar refractivity (Wildman–Crippen MR) is 59.8 cm³/mol. The fourth-order valence-electron chi connectivity index (χ4n) is 3.39. The summed E-state index contributed by atoms with van der Waals surface area (Å²) in [5, 5.41) is 11.6. The maximum Gasteiger partial charge on any atom is 0.138 e. The molecule has 0 N–H and O–H groups in total. The number of nitrogens with zero attached hydrogens (tertiary/aromatic N) is 5. The Morgan fingerprint density at radius 3 is 2.38 bits per heavy atom. The van der Waals surface area contributed by atoms with Crippen molar-refractivity contribution in [3.8, 4) is 0 Å². The Morgan fingerprint density at radius 1 is 1.19 bits per heavy atom. The lowest BCUT2D eigenvalue weighted by Gasteiger charge is -2.39. The molecular weight excluding hydrogens is 202 g/mol. The Hall–Kier alpha value is -0.970. The molecule has 0 radical (unpaired) electrons. The van der Waals surface area contributed by atoms with Crippen LogP contribution >= 0.6 is 0 Å². The minimum atomic E-state index is 0.546. The summed E-state index contributed by atoms with van der Waals surface area (Å²) >= 11 is 0. The average molecular weight is 221 g/mol. The van der Waals surface area contributed by atoms with Crippen LogP contribution in [0.2, 0.25) is 0 Å². The molecule has 0 aromatic carbocycles. The normalized spacial score (nSPS) is 34.8. The van der Waals surface area contributed by atoms with Gasteiger partial charge in [0, 0.05) is 19.1 Å². The number of rotatable bonds is 2.